The molecule has 4 nitrogen and oxygen atoms in total. The van der Waals surface area contributed by atoms with Gasteiger partial charge in [0.25, 0.3) is 0 Å². The molecule has 0 saturated heterocycles. The zero-order chi connectivity index (χ0) is 58.2. The fourth-order valence-electron chi connectivity index (χ4n) is 9.00. The summed E-state index contributed by atoms with van der Waals surface area (Å²) >= 11 is 0. The summed E-state index contributed by atoms with van der Waals surface area (Å²) in [5.41, 5.74) is -13.6. The number of rotatable bonds is 12. The number of carbonyl (C=O) groups excluding carboxylic acids is 2. The third kappa shape index (κ3) is 9.63. The van der Waals surface area contributed by atoms with Crippen LogP contribution in [-0.4, -0.2) is 38.5 Å². The second kappa shape index (κ2) is 23.1. The molecule has 410 valence electrons. The molecule has 0 bridgehead atoms. The van der Waals surface area contributed by atoms with E-state index in [9.17, 15) is 62.3 Å². The molecule has 7 aromatic carbocycles. The van der Waals surface area contributed by atoms with Crippen LogP contribution in [0.4, 0.5) is 87.8 Å². The molecule has 0 aliphatic heterocycles. The van der Waals surface area contributed by atoms with E-state index in [2.05, 4.69) is 36.4 Å². The van der Waals surface area contributed by atoms with Crippen molar-refractivity contribution >= 4 is 63.1 Å². The van der Waals surface area contributed by atoms with E-state index >= 15 is 35.1 Å². The van der Waals surface area contributed by atoms with Gasteiger partial charge in [0, 0.05) is 0 Å². The number of hydrogen-bond donors (Lipinski definition) is 0. The molecular weight excluding hydrogens is 1110 g/mol. The second-order valence-electron chi connectivity index (χ2n) is 16.8. The minimum absolute atomic E-state index is 0.0119. The van der Waals surface area contributed by atoms with Crippen LogP contribution in [0.2, 0.25) is 0 Å². The Morgan fingerprint density at radius 2 is 0.551 bits per heavy atom. The molecule has 0 saturated carbocycles. The molecule has 0 spiro atoms. The van der Waals surface area contributed by atoms with Gasteiger partial charge in [0.1, 0.15) is 81.4 Å². The number of esters is 2. The Morgan fingerprint density at radius 1 is 0.359 bits per heavy atom. The first kappa shape index (κ1) is 59.6. The third-order valence-electron chi connectivity index (χ3n) is 12.5. The Kier molecular flexibility index (Phi) is 17.6. The second-order valence-corrected chi connectivity index (χ2v) is 20.3. The first-order valence-electron chi connectivity index (χ1n) is 21.8. The quantitative estimate of drug-likeness (QED) is 0.0141. The van der Waals surface area contributed by atoms with Crippen molar-refractivity contribution in [3.8, 4) is 0 Å². The van der Waals surface area contributed by atoms with Gasteiger partial charge in [-0.3, -0.25) is 0 Å². The van der Waals surface area contributed by atoms with Crippen molar-refractivity contribution in [3.63, 3.8) is 0 Å². The number of benzene rings is 7. The van der Waals surface area contributed by atoms with Crippen LogP contribution in [-0.2, 0) is 19.1 Å². The lowest BCUT2D eigenvalue weighted by Crippen LogP contribution is -2.81. The van der Waals surface area contributed by atoms with E-state index in [0.717, 1.165) is 5.57 Å². The third-order valence-corrected chi connectivity index (χ3v) is 16.9. The highest BCUT2D eigenvalue weighted by atomic mass is 31.2. The fraction of sp³-hybridized carbons (Fsp3) is 0.115. The van der Waals surface area contributed by atoms with Crippen LogP contribution in [0, 0.1) is 122 Å². The Balaban J connectivity index is 0.000000265. The molecule has 0 N–H and O–H groups in total. The van der Waals surface area contributed by atoms with Gasteiger partial charge in [0.05, 0.1) is 20.4 Å². The number of ether oxygens (including phenoxy) is 2. The normalized spacial score (nSPS) is 11.6. The van der Waals surface area contributed by atoms with Gasteiger partial charge in [-0.1, -0.05) is 68.4 Å². The van der Waals surface area contributed by atoms with Gasteiger partial charge in [-0.05, 0) is 47.9 Å². The van der Waals surface area contributed by atoms with Crippen LogP contribution in [0.25, 0.3) is 0 Å². The van der Waals surface area contributed by atoms with Crippen LogP contribution in [0.1, 0.15) is 13.8 Å². The molecule has 0 amide bonds. The average molecular weight is 1140 g/mol. The summed E-state index contributed by atoms with van der Waals surface area (Å²) in [6.45, 7) is 3.99. The van der Waals surface area contributed by atoms with Gasteiger partial charge < -0.3 is 9.47 Å². The van der Waals surface area contributed by atoms with Crippen LogP contribution < -0.4 is 37.8 Å². The van der Waals surface area contributed by atoms with E-state index < -0.39 is 164 Å². The number of allylic oxidation sites excluding steroid dienone is 1. The average Bonchev–Trinajstić information content (AvgIpc) is 3.64. The summed E-state index contributed by atoms with van der Waals surface area (Å²) in [4.78, 5) is 25.6. The molecule has 7 aromatic rings. The van der Waals surface area contributed by atoms with E-state index in [1.54, 1.807) is 0 Å². The molecule has 78 heavy (non-hydrogen) atoms. The van der Waals surface area contributed by atoms with Crippen LogP contribution >= 0.6 is 7.26 Å². The minimum Gasteiger partial charge on any atom is -0.465 e. The first-order chi connectivity index (χ1) is 36.7. The van der Waals surface area contributed by atoms with Crippen molar-refractivity contribution in [1.82, 2.24) is 0 Å². The van der Waals surface area contributed by atoms with E-state index in [0.29, 0.717) is 6.16 Å². The van der Waals surface area contributed by atoms with E-state index in [4.69, 9.17) is 9.47 Å². The number of carbonyl (C=O) groups is 2. The lowest BCUT2D eigenvalue weighted by Gasteiger charge is -2.44. The van der Waals surface area contributed by atoms with Gasteiger partial charge in [-0.25, -0.2) is 97.4 Å². The van der Waals surface area contributed by atoms with E-state index in [1.165, 1.54) is 30.1 Å². The maximum absolute atomic E-state index is 15.4. The Hall–Kier alpha value is -7.69. The molecule has 0 unspecified atom stereocenters. The highest BCUT2D eigenvalue weighted by Crippen LogP contribution is 2.57. The Bertz CT molecular complexity index is 3030. The van der Waals surface area contributed by atoms with Crippen LogP contribution in [0.15, 0.2) is 102 Å². The van der Waals surface area contributed by atoms with Crippen molar-refractivity contribution < 1.29 is 107 Å². The zero-order valence-electron chi connectivity index (χ0n) is 39.7. The van der Waals surface area contributed by atoms with Gasteiger partial charge in [-0.15, -0.1) is 21.9 Å². The SMILES string of the molecule is COC(=O)C(C(=O)OC)=C(C[P+](c1ccccc1)(c1ccccc1)c1ccccc1)C(C)C.Fc1c(F)c(F)c([B-](c2c(F)c(F)c(F)c(F)c2F)(c2c(F)c(F)c(F)c(F)c2F)c2c(F)c(F)c(F)c(F)c2F)c(F)c1F. The van der Waals surface area contributed by atoms with Crippen LogP contribution in [0.5, 0.6) is 0 Å². The van der Waals surface area contributed by atoms with Gasteiger partial charge in [0.15, 0.2) is 69.8 Å². The fourth-order valence-corrected chi connectivity index (χ4v) is 13.5. The van der Waals surface area contributed by atoms with Gasteiger partial charge in [0.2, 0.25) is 0 Å². The monoisotopic (exact) mass is 1140 g/mol. The van der Waals surface area contributed by atoms with Crippen molar-refractivity contribution in [3.05, 3.63) is 218 Å². The number of methoxy groups -OCH3 is 2. The van der Waals surface area contributed by atoms with E-state index in [1.807, 2.05) is 68.4 Å². The highest BCUT2D eigenvalue weighted by molar-refractivity contribution is 7.95. The summed E-state index contributed by atoms with van der Waals surface area (Å²) in [7, 11) is 0.287. The molecule has 0 radical (unpaired) electrons. The van der Waals surface area contributed by atoms with Crippen molar-refractivity contribution in [2.45, 2.75) is 13.8 Å². The molecule has 26 heteroatoms. The largest absolute Gasteiger partial charge is 0.465 e. The molecule has 0 aliphatic rings. The predicted molar refractivity (Wildman–Crippen MR) is 245 cm³/mol. The Morgan fingerprint density at radius 3 is 0.731 bits per heavy atom. The topological polar surface area (TPSA) is 52.6 Å². The lowest BCUT2D eigenvalue weighted by molar-refractivity contribution is -0.144. The van der Waals surface area contributed by atoms with Crippen molar-refractivity contribution in [2.75, 3.05) is 20.4 Å². The summed E-state index contributed by atoms with van der Waals surface area (Å²) in [6.07, 6.45) is -6.70. The standard InChI is InChI=1S/C28H30O4P.C24BF20/c1-21(2)25(26(27(29)31-3)28(30)32-4)20-33(22-14-8-5-9-15-22,23-16-10-6-11-17-23)24-18-12-7-13-19-24;26-5-1(6(27)14(35)21(42)13(5)34)25(2-7(28)15(36)22(43)16(37)8(2)29,3-9(30)17(38)23(44)18(39)10(3)31)4-11(32)19(40)24(45)20(41)12(4)33/h5-19,21H,20H2,1-4H3;/q+1;-1. The molecule has 0 atom stereocenters. The molecule has 0 aromatic heterocycles. The maximum Gasteiger partial charge on any atom is 0.345 e. The van der Waals surface area contributed by atoms with Crippen molar-refractivity contribution in [2.24, 2.45) is 5.92 Å². The smallest absolute Gasteiger partial charge is 0.345 e. The van der Waals surface area contributed by atoms with Crippen molar-refractivity contribution in [1.29, 1.82) is 0 Å². The molecule has 0 aliphatic carbocycles. The summed E-state index contributed by atoms with van der Waals surface area (Å²) in [6, 6.07) is 31.1. The van der Waals surface area contributed by atoms with Gasteiger partial charge in [-0.2, -0.15) is 0 Å². The maximum atomic E-state index is 15.4. The van der Waals surface area contributed by atoms with Crippen LogP contribution in [0.3, 0.4) is 0 Å². The first-order valence-corrected chi connectivity index (χ1v) is 23.8. The molecule has 7 rings (SSSR count). The predicted octanol–water partition coefficient (Wildman–Crippen LogP) is 10.1. The summed E-state index contributed by atoms with van der Waals surface area (Å²) in [5, 5.41) is 3.53. The molecule has 0 heterocycles. The summed E-state index contributed by atoms with van der Waals surface area (Å²) in [5.74, 6) is -72.8. The number of halogens is 20. The highest BCUT2D eigenvalue weighted by Gasteiger charge is 2.53. The molecular formula is C52H30BF20O4P. The Labute approximate surface area is 427 Å². The van der Waals surface area contributed by atoms with E-state index in [-0.39, 0.29) is 11.5 Å². The summed E-state index contributed by atoms with van der Waals surface area (Å²) < 4.78 is 304. The lowest BCUT2D eigenvalue weighted by atomic mass is 9.12. The minimum atomic E-state index is -7.22. The number of hydrogen-bond acceptors (Lipinski definition) is 4. The molecule has 0 fully saturated rings. The zero-order valence-corrected chi connectivity index (χ0v) is 40.6. The van der Waals surface area contributed by atoms with Gasteiger partial charge >= 0.3 is 11.9 Å².